The second kappa shape index (κ2) is 9.46. The number of phenols is 1. The number of nitrogens with zero attached hydrogens (tertiary/aromatic N) is 2. The van der Waals surface area contributed by atoms with Gasteiger partial charge in [-0.25, -0.2) is 0 Å². The Morgan fingerprint density at radius 2 is 1.68 bits per heavy atom. The lowest BCUT2D eigenvalue weighted by Crippen LogP contribution is -2.35. The number of hydrogen-bond acceptors (Lipinski definition) is 6. The molecule has 1 heterocycles. The van der Waals surface area contributed by atoms with Crippen LogP contribution in [0.4, 0.5) is 17.1 Å². The van der Waals surface area contributed by atoms with Crippen LogP contribution < -0.4 is 21.8 Å². The number of para-hydroxylation sites is 1. The van der Waals surface area contributed by atoms with Gasteiger partial charge in [-0.3, -0.25) is 24.2 Å². The molecule has 4 N–H and O–H groups in total. The van der Waals surface area contributed by atoms with Crippen LogP contribution in [0.2, 0.25) is 0 Å². The summed E-state index contributed by atoms with van der Waals surface area (Å²) in [6, 6.07) is 13.9. The number of aromatic nitrogens is 2. The Hall–Kier alpha value is -4.01. The van der Waals surface area contributed by atoms with E-state index in [1.165, 1.54) is 24.1 Å². The Bertz CT molecular complexity index is 1300. The minimum Gasteiger partial charge on any atom is -0.505 e. The van der Waals surface area contributed by atoms with Crippen molar-refractivity contribution in [2.45, 2.75) is 26.8 Å². The average Bonchev–Trinajstić information content (AvgIpc) is 2.77. The first kappa shape index (κ1) is 24.6. The number of carbonyl (C=O) groups is 1. The van der Waals surface area contributed by atoms with E-state index in [1.54, 1.807) is 20.2 Å². The predicted molar refractivity (Wildman–Crippen MR) is 134 cm³/mol. The highest BCUT2D eigenvalue weighted by Crippen LogP contribution is 2.37. The molecule has 3 aromatic rings. The number of anilines is 3. The quantitative estimate of drug-likeness (QED) is 0.414. The molecule has 9 heteroatoms. The molecule has 0 bridgehead atoms. The number of H-pyrrole nitrogens is 1. The van der Waals surface area contributed by atoms with Gasteiger partial charge in [-0.2, -0.15) is 0 Å². The van der Waals surface area contributed by atoms with Crippen LogP contribution in [0.25, 0.3) is 0 Å². The Balaban J connectivity index is 2.14. The monoisotopic (exact) mass is 465 g/mol. The highest BCUT2D eigenvalue weighted by molar-refractivity contribution is 5.98. The zero-order valence-corrected chi connectivity index (χ0v) is 20.3. The van der Waals surface area contributed by atoms with E-state index in [9.17, 15) is 19.5 Å². The van der Waals surface area contributed by atoms with E-state index in [4.69, 9.17) is 0 Å². The topological polar surface area (TPSA) is 119 Å². The molecule has 0 fully saturated rings. The number of amides is 1. The number of nitrogens with one attached hydrogen (secondary N) is 3. The molecule has 180 valence electrons. The highest BCUT2D eigenvalue weighted by Gasteiger charge is 2.29. The summed E-state index contributed by atoms with van der Waals surface area (Å²) in [7, 11) is 4.59. The Morgan fingerprint density at radius 3 is 2.26 bits per heavy atom. The number of aryl methyl sites for hydroxylation is 1. The van der Waals surface area contributed by atoms with E-state index in [0.717, 1.165) is 10.2 Å². The van der Waals surface area contributed by atoms with Crippen molar-refractivity contribution in [3.05, 3.63) is 80.4 Å². The number of aromatic amines is 1. The molecular formula is C25H31N5O4. The number of carbonyl (C=O) groups excluding carboxylic acids is 1. The summed E-state index contributed by atoms with van der Waals surface area (Å²) < 4.78 is 1.07. The average molecular weight is 466 g/mol. The van der Waals surface area contributed by atoms with Gasteiger partial charge in [0.05, 0.1) is 17.3 Å². The van der Waals surface area contributed by atoms with Crippen LogP contribution in [-0.2, 0) is 7.05 Å². The number of rotatable bonds is 6. The van der Waals surface area contributed by atoms with Gasteiger partial charge in [-0.05, 0) is 23.1 Å². The maximum Gasteiger partial charge on any atom is 0.290 e. The second-order valence-electron chi connectivity index (χ2n) is 9.44. The third-order valence-corrected chi connectivity index (χ3v) is 5.48. The molecule has 9 nitrogen and oxygen atoms in total. The van der Waals surface area contributed by atoms with E-state index in [0.29, 0.717) is 0 Å². The van der Waals surface area contributed by atoms with E-state index in [1.807, 2.05) is 51.1 Å². The minimum absolute atomic E-state index is 0.0376. The van der Waals surface area contributed by atoms with Crippen molar-refractivity contribution in [1.82, 2.24) is 14.7 Å². The molecule has 1 unspecified atom stereocenters. The molecule has 1 amide bonds. The van der Waals surface area contributed by atoms with Crippen molar-refractivity contribution >= 4 is 23.0 Å². The first-order valence-electron chi connectivity index (χ1n) is 10.9. The Morgan fingerprint density at radius 1 is 1.03 bits per heavy atom. The lowest BCUT2D eigenvalue weighted by Gasteiger charge is -2.33. The van der Waals surface area contributed by atoms with Crippen molar-refractivity contribution < 1.29 is 9.90 Å². The van der Waals surface area contributed by atoms with Crippen molar-refractivity contribution in [3.8, 4) is 5.75 Å². The number of phenolic OH excluding ortho intramolecular Hbond substituents is 1. The minimum atomic E-state index is -0.508. The molecule has 34 heavy (non-hydrogen) atoms. The summed E-state index contributed by atoms with van der Waals surface area (Å²) in [5, 5.41) is 19.4. The molecule has 1 aromatic heterocycles. The van der Waals surface area contributed by atoms with E-state index < -0.39 is 17.0 Å². The molecular weight excluding hydrogens is 434 g/mol. The molecule has 1 atom stereocenters. The van der Waals surface area contributed by atoms with Crippen molar-refractivity contribution in [2.75, 3.05) is 24.7 Å². The molecule has 0 aliphatic rings. The van der Waals surface area contributed by atoms with Crippen molar-refractivity contribution in [2.24, 2.45) is 12.5 Å². The van der Waals surface area contributed by atoms with Crippen LogP contribution in [0, 0.1) is 5.41 Å². The van der Waals surface area contributed by atoms with Crippen LogP contribution >= 0.6 is 0 Å². The molecule has 0 aliphatic carbocycles. The molecule has 0 saturated heterocycles. The summed E-state index contributed by atoms with van der Waals surface area (Å²) in [5.41, 5.74) is -0.180. The zero-order chi connectivity index (χ0) is 25.2. The number of aromatic hydroxyl groups is 1. The van der Waals surface area contributed by atoms with Crippen molar-refractivity contribution in [3.63, 3.8) is 0 Å². The Labute approximate surface area is 198 Å². The summed E-state index contributed by atoms with van der Waals surface area (Å²) >= 11 is 0. The molecule has 0 saturated carbocycles. The largest absolute Gasteiger partial charge is 0.505 e. The fourth-order valence-corrected chi connectivity index (χ4v) is 3.68. The zero-order valence-electron chi connectivity index (χ0n) is 20.3. The van der Waals surface area contributed by atoms with Crippen LogP contribution in [0.15, 0.2) is 58.1 Å². The first-order valence-corrected chi connectivity index (χ1v) is 10.9. The third kappa shape index (κ3) is 4.98. The Kier molecular flexibility index (Phi) is 6.85. The van der Waals surface area contributed by atoms with Gasteiger partial charge in [-0.15, -0.1) is 0 Å². The van der Waals surface area contributed by atoms with Crippen LogP contribution in [0.1, 0.15) is 42.7 Å². The summed E-state index contributed by atoms with van der Waals surface area (Å²) in [6.45, 7) is 6.09. The molecule has 0 spiro atoms. The number of benzene rings is 2. The number of hydrogen-bond donors (Lipinski definition) is 4. The molecule has 0 radical (unpaired) electrons. The normalized spacial score (nSPS) is 12.2. The highest BCUT2D eigenvalue weighted by atomic mass is 16.3. The van der Waals surface area contributed by atoms with Gasteiger partial charge < -0.3 is 20.6 Å². The lowest BCUT2D eigenvalue weighted by atomic mass is 9.82. The lowest BCUT2D eigenvalue weighted by molar-refractivity contribution is 0.0824. The fraction of sp³-hybridized carbons (Fsp3) is 0.320. The van der Waals surface area contributed by atoms with Gasteiger partial charge >= 0.3 is 0 Å². The molecule has 0 aliphatic heterocycles. The van der Waals surface area contributed by atoms with Crippen LogP contribution in [-0.4, -0.2) is 39.8 Å². The van der Waals surface area contributed by atoms with Gasteiger partial charge in [0, 0.05) is 21.1 Å². The van der Waals surface area contributed by atoms with Gasteiger partial charge in [-0.1, -0.05) is 57.2 Å². The van der Waals surface area contributed by atoms with E-state index in [-0.39, 0.29) is 39.8 Å². The van der Waals surface area contributed by atoms with Gasteiger partial charge in [0.15, 0.2) is 5.75 Å². The van der Waals surface area contributed by atoms with Gasteiger partial charge in [0.1, 0.15) is 11.4 Å². The van der Waals surface area contributed by atoms with Gasteiger partial charge in [0.25, 0.3) is 17.0 Å². The molecule has 3 rings (SSSR count). The summed E-state index contributed by atoms with van der Waals surface area (Å²) in [4.78, 5) is 39.9. The predicted octanol–water partition coefficient (Wildman–Crippen LogP) is 3.42. The maximum atomic E-state index is 13.1. The summed E-state index contributed by atoms with van der Waals surface area (Å²) in [5.74, 6) is -0.708. The second-order valence-corrected chi connectivity index (χ2v) is 9.44. The van der Waals surface area contributed by atoms with Gasteiger partial charge in [0.2, 0.25) is 0 Å². The van der Waals surface area contributed by atoms with Crippen LogP contribution in [0.5, 0.6) is 5.75 Å². The smallest absolute Gasteiger partial charge is 0.290 e. The van der Waals surface area contributed by atoms with E-state index >= 15 is 0 Å². The molecule has 2 aromatic carbocycles. The SMILES string of the molecule is CN(C)C(=O)c1cccc(Nc2c(NC(c3ccccc3)C(C)(C)C)c(=O)[nH]n(C)c2=O)c1O. The fourth-order valence-electron chi connectivity index (χ4n) is 3.68. The summed E-state index contributed by atoms with van der Waals surface area (Å²) in [6.07, 6.45) is 0. The van der Waals surface area contributed by atoms with Crippen molar-refractivity contribution in [1.29, 1.82) is 0 Å². The van der Waals surface area contributed by atoms with Crippen LogP contribution in [0.3, 0.4) is 0 Å². The first-order chi connectivity index (χ1) is 15.9. The van der Waals surface area contributed by atoms with E-state index in [2.05, 4.69) is 15.7 Å². The third-order valence-electron chi connectivity index (χ3n) is 5.48. The maximum absolute atomic E-state index is 13.1. The standard InChI is InChI=1S/C25H31N5O4/c1-25(2,3)21(15-11-8-7-9-12-15)27-18-19(24(34)30(6)28-22(18)32)26-17-14-10-13-16(20(17)31)23(33)29(4)5/h7-14,21,26-27,31H,1-6H3,(H,28,32).